The first kappa shape index (κ1) is 16.4. The van der Waals surface area contributed by atoms with Crippen molar-refractivity contribution in [2.45, 2.75) is 31.8 Å². The fraction of sp³-hybridized carbons (Fsp3) is 0.316. The first-order valence-corrected chi connectivity index (χ1v) is 7.93. The van der Waals surface area contributed by atoms with Crippen molar-refractivity contribution in [2.24, 2.45) is 0 Å². The Morgan fingerprint density at radius 2 is 2.00 bits per heavy atom. The molecule has 1 saturated carbocycles. The normalized spacial score (nSPS) is 13.6. The van der Waals surface area contributed by atoms with Crippen molar-refractivity contribution in [3.63, 3.8) is 0 Å². The van der Waals surface area contributed by atoms with Crippen LogP contribution in [0, 0.1) is 11.6 Å². The monoisotopic (exact) mass is 331 g/mol. The highest BCUT2D eigenvalue weighted by atomic mass is 19.1. The van der Waals surface area contributed by atoms with Gasteiger partial charge in [0.2, 0.25) is 5.91 Å². The van der Waals surface area contributed by atoms with Gasteiger partial charge in [0, 0.05) is 24.2 Å². The van der Waals surface area contributed by atoms with E-state index in [0.717, 1.165) is 24.5 Å². The Labute approximate surface area is 139 Å². The van der Waals surface area contributed by atoms with Crippen molar-refractivity contribution < 1.29 is 18.3 Å². The van der Waals surface area contributed by atoms with Crippen LogP contribution in [0.15, 0.2) is 42.5 Å². The summed E-state index contributed by atoms with van der Waals surface area (Å²) in [6.45, 7) is 0.166. The highest BCUT2D eigenvalue weighted by Gasteiger charge is 2.32. The van der Waals surface area contributed by atoms with Crippen molar-refractivity contribution in [2.75, 3.05) is 7.11 Å². The molecule has 0 spiro atoms. The number of ether oxygens (including phenoxy) is 1. The van der Waals surface area contributed by atoms with E-state index in [1.165, 1.54) is 12.1 Å². The van der Waals surface area contributed by atoms with Gasteiger partial charge in [0.1, 0.15) is 17.4 Å². The predicted molar refractivity (Wildman–Crippen MR) is 86.6 cm³/mol. The summed E-state index contributed by atoms with van der Waals surface area (Å²) < 4.78 is 32.1. The lowest BCUT2D eigenvalue weighted by Crippen LogP contribution is -2.34. The van der Waals surface area contributed by atoms with Crippen molar-refractivity contribution in [1.29, 1.82) is 0 Å². The maximum absolute atomic E-state index is 13.9. The van der Waals surface area contributed by atoms with Crippen LogP contribution in [0.5, 0.6) is 5.75 Å². The topological polar surface area (TPSA) is 29.5 Å². The Balaban J connectivity index is 1.74. The Bertz CT molecular complexity index is 744. The molecule has 3 nitrogen and oxygen atoms in total. The van der Waals surface area contributed by atoms with Gasteiger partial charge in [0.05, 0.1) is 13.5 Å². The zero-order valence-electron chi connectivity index (χ0n) is 13.5. The number of amides is 1. The molecule has 2 aromatic rings. The Morgan fingerprint density at radius 3 is 2.67 bits per heavy atom. The van der Waals surface area contributed by atoms with E-state index >= 15 is 0 Å². The van der Waals surface area contributed by atoms with Crippen molar-refractivity contribution in [3.05, 3.63) is 65.2 Å². The molecule has 0 aliphatic heterocycles. The average molecular weight is 331 g/mol. The van der Waals surface area contributed by atoms with Crippen LogP contribution in [0.3, 0.4) is 0 Å². The van der Waals surface area contributed by atoms with E-state index in [0.29, 0.717) is 11.3 Å². The lowest BCUT2D eigenvalue weighted by atomic mass is 10.1. The lowest BCUT2D eigenvalue weighted by molar-refractivity contribution is -0.131. The maximum atomic E-state index is 13.9. The van der Waals surface area contributed by atoms with Crippen LogP contribution in [0.25, 0.3) is 0 Å². The Morgan fingerprint density at radius 1 is 1.21 bits per heavy atom. The van der Waals surface area contributed by atoms with Gasteiger partial charge >= 0.3 is 0 Å². The Kier molecular flexibility index (Phi) is 4.79. The number of hydrogen-bond donors (Lipinski definition) is 0. The third kappa shape index (κ3) is 3.91. The fourth-order valence-electron chi connectivity index (χ4n) is 2.70. The van der Waals surface area contributed by atoms with E-state index in [4.69, 9.17) is 4.74 Å². The molecule has 24 heavy (non-hydrogen) atoms. The van der Waals surface area contributed by atoms with Gasteiger partial charge in [-0.3, -0.25) is 4.79 Å². The van der Waals surface area contributed by atoms with Crippen LogP contribution in [0.1, 0.15) is 24.0 Å². The molecule has 1 amide bonds. The summed E-state index contributed by atoms with van der Waals surface area (Å²) in [5, 5.41) is 0. The third-order valence-corrected chi connectivity index (χ3v) is 4.15. The first-order valence-electron chi connectivity index (χ1n) is 7.93. The molecule has 0 saturated heterocycles. The zero-order valence-corrected chi connectivity index (χ0v) is 13.5. The standard InChI is InChI=1S/C19H19F2NO2/c1-24-17-4-2-3-13(9-17)10-19(23)22(16-7-8-16)12-14-5-6-15(20)11-18(14)21/h2-6,9,11,16H,7-8,10,12H2,1H3. The summed E-state index contributed by atoms with van der Waals surface area (Å²) in [5.41, 5.74) is 1.19. The van der Waals surface area contributed by atoms with Crippen LogP contribution in [0.2, 0.25) is 0 Å². The van der Waals surface area contributed by atoms with E-state index in [-0.39, 0.29) is 24.9 Å². The van der Waals surface area contributed by atoms with Gasteiger partial charge in [-0.15, -0.1) is 0 Å². The van der Waals surface area contributed by atoms with Gasteiger partial charge in [-0.2, -0.15) is 0 Å². The molecule has 3 rings (SSSR count). The fourth-order valence-corrected chi connectivity index (χ4v) is 2.70. The van der Waals surface area contributed by atoms with Gasteiger partial charge in [-0.25, -0.2) is 8.78 Å². The molecule has 0 atom stereocenters. The summed E-state index contributed by atoms with van der Waals surface area (Å²) >= 11 is 0. The summed E-state index contributed by atoms with van der Waals surface area (Å²) in [5.74, 6) is -0.593. The molecule has 1 aliphatic rings. The SMILES string of the molecule is COc1cccc(CC(=O)N(Cc2ccc(F)cc2F)C2CC2)c1. The molecule has 0 radical (unpaired) electrons. The molecule has 0 aromatic heterocycles. The second-order valence-corrected chi connectivity index (χ2v) is 6.02. The van der Waals surface area contributed by atoms with Crippen LogP contribution in [-0.2, 0) is 17.8 Å². The minimum Gasteiger partial charge on any atom is -0.497 e. The molecule has 0 heterocycles. The molecule has 5 heteroatoms. The lowest BCUT2D eigenvalue weighted by Gasteiger charge is -2.23. The summed E-state index contributed by atoms with van der Waals surface area (Å²) in [6, 6.07) is 11.0. The van der Waals surface area contributed by atoms with Crippen LogP contribution < -0.4 is 4.74 Å². The molecule has 0 bridgehead atoms. The molecular formula is C19H19F2NO2. The van der Waals surface area contributed by atoms with Gasteiger partial charge in [-0.05, 0) is 36.6 Å². The first-order chi connectivity index (χ1) is 11.6. The smallest absolute Gasteiger partial charge is 0.227 e. The third-order valence-electron chi connectivity index (χ3n) is 4.15. The quantitative estimate of drug-likeness (QED) is 0.808. The van der Waals surface area contributed by atoms with E-state index in [1.807, 2.05) is 24.3 Å². The van der Waals surface area contributed by atoms with E-state index in [1.54, 1.807) is 12.0 Å². The van der Waals surface area contributed by atoms with E-state index in [2.05, 4.69) is 0 Å². The number of hydrogen-bond acceptors (Lipinski definition) is 2. The maximum Gasteiger partial charge on any atom is 0.227 e. The number of methoxy groups -OCH3 is 1. The van der Waals surface area contributed by atoms with Crippen molar-refractivity contribution in [1.82, 2.24) is 4.90 Å². The van der Waals surface area contributed by atoms with Gasteiger partial charge < -0.3 is 9.64 Å². The number of carbonyl (C=O) groups is 1. The second-order valence-electron chi connectivity index (χ2n) is 6.02. The van der Waals surface area contributed by atoms with E-state index < -0.39 is 11.6 Å². The van der Waals surface area contributed by atoms with Crippen molar-refractivity contribution >= 4 is 5.91 Å². The highest BCUT2D eigenvalue weighted by molar-refractivity contribution is 5.79. The molecule has 126 valence electrons. The number of benzene rings is 2. The number of halogens is 2. The molecule has 2 aromatic carbocycles. The number of carbonyl (C=O) groups excluding carboxylic acids is 1. The highest BCUT2D eigenvalue weighted by Crippen LogP contribution is 2.30. The van der Waals surface area contributed by atoms with Crippen LogP contribution in [-0.4, -0.2) is 24.0 Å². The summed E-state index contributed by atoms with van der Waals surface area (Å²) in [4.78, 5) is 14.4. The van der Waals surface area contributed by atoms with Crippen LogP contribution >= 0.6 is 0 Å². The summed E-state index contributed by atoms with van der Waals surface area (Å²) in [7, 11) is 1.58. The molecule has 1 aliphatic carbocycles. The average Bonchev–Trinajstić information content (AvgIpc) is 3.39. The zero-order chi connectivity index (χ0) is 17.1. The predicted octanol–water partition coefficient (Wildman–Crippen LogP) is 3.71. The largest absolute Gasteiger partial charge is 0.497 e. The number of rotatable bonds is 6. The molecule has 0 unspecified atom stereocenters. The van der Waals surface area contributed by atoms with Crippen molar-refractivity contribution in [3.8, 4) is 5.75 Å². The second kappa shape index (κ2) is 6.99. The van der Waals surface area contributed by atoms with Gasteiger partial charge in [0.15, 0.2) is 0 Å². The van der Waals surface area contributed by atoms with Gasteiger partial charge in [0.25, 0.3) is 0 Å². The van der Waals surface area contributed by atoms with Crippen LogP contribution in [0.4, 0.5) is 8.78 Å². The molecular weight excluding hydrogens is 312 g/mol. The molecule has 0 N–H and O–H groups in total. The van der Waals surface area contributed by atoms with Gasteiger partial charge in [-0.1, -0.05) is 18.2 Å². The minimum absolute atomic E-state index is 0.0607. The van der Waals surface area contributed by atoms with E-state index in [9.17, 15) is 13.6 Å². The molecule has 1 fully saturated rings. The Hall–Kier alpha value is -2.43. The summed E-state index contributed by atoms with van der Waals surface area (Å²) in [6.07, 6.45) is 2.08. The number of nitrogens with zero attached hydrogens (tertiary/aromatic N) is 1. The minimum atomic E-state index is -0.616.